The van der Waals surface area contributed by atoms with Crippen LogP contribution < -0.4 is 32.3 Å². The van der Waals surface area contributed by atoms with E-state index in [1.54, 1.807) is 79.9 Å². The number of benzene rings is 3. The van der Waals surface area contributed by atoms with Crippen LogP contribution in [0.5, 0.6) is 0 Å². The molecule has 4 rings (SSSR count). The van der Waals surface area contributed by atoms with Gasteiger partial charge in [0.15, 0.2) is 17.3 Å². The molecule has 1 heterocycles. The third-order valence-corrected chi connectivity index (χ3v) is 17.0. The predicted molar refractivity (Wildman–Crippen MR) is 370 cm³/mol. The number of amides is 5. The van der Waals surface area contributed by atoms with Gasteiger partial charge in [0.2, 0.25) is 29.5 Å². The Balaban J connectivity index is 0.000000624. The van der Waals surface area contributed by atoms with Crippen LogP contribution in [0.15, 0.2) is 91.1 Å². The molecule has 0 fully saturated rings. The minimum Gasteiger partial charge on any atom is -0.481 e. The summed E-state index contributed by atoms with van der Waals surface area (Å²) < 4.78 is 0. The second kappa shape index (κ2) is 45.9. The Hall–Kier alpha value is -10.9. The molecule has 17 N–H and O–H groups in total. The first kappa shape index (κ1) is 88.3. The van der Waals surface area contributed by atoms with Gasteiger partial charge in [-0.2, -0.15) is 0 Å². The van der Waals surface area contributed by atoms with Crippen molar-refractivity contribution in [2.45, 2.75) is 179 Å². The van der Waals surface area contributed by atoms with Gasteiger partial charge in [-0.3, -0.25) is 71.9 Å². The molecular formula is C72H93N7O26. The maximum atomic E-state index is 14.3. The zero-order valence-electron chi connectivity index (χ0n) is 58.1. The van der Waals surface area contributed by atoms with Crippen molar-refractivity contribution in [1.29, 1.82) is 0 Å². The number of aromatic amines is 1. The highest BCUT2D eigenvalue weighted by molar-refractivity contribution is 5.98. The lowest BCUT2D eigenvalue weighted by atomic mass is 9.88. The number of carbonyl (C=O) groups excluding carboxylic acids is 10. The van der Waals surface area contributed by atoms with E-state index in [0.717, 1.165) is 16.5 Å². The number of aliphatic hydroxyl groups is 2. The van der Waals surface area contributed by atoms with Crippen LogP contribution in [0.2, 0.25) is 0 Å². The van der Waals surface area contributed by atoms with E-state index in [4.69, 9.17) is 26.2 Å². The predicted octanol–water partition coefficient (Wildman–Crippen LogP) is 2.11. The fourth-order valence-corrected chi connectivity index (χ4v) is 11.2. The Bertz CT molecular complexity index is 3670. The largest absolute Gasteiger partial charge is 0.481 e. The summed E-state index contributed by atoms with van der Waals surface area (Å²) in [7, 11) is 0. The van der Waals surface area contributed by atoms with Crippen molar-refractivity contribution in [3.8, 4) is 0 Å². The Labute approximate surface area is 602 Å². The van der Waals surface area contributed by atoms with E-state index >= 15 is 0 Å². The average Bonchev–Trinajstić information content (AvgIpc) is 1.69. The van der Waals surface area contributed by atoms with E-state index in [9.17, 15) is 107 Å². The van der Waals surface area contributed by atoms with E-state index in [1.165, 1.54) is 6.92 Å². The molecule has 0 bridgehead atoms. The third-order valence-electron chi connectivity index (χ3n) is 17.0. The van der Waals surface area contributed by atoms with Gasteiger partial charge in [0.1, 0.15) is 17.6 Å². The van der Waals surface area contributed by atoms with Crippen LogP contribution in [-0.4, -0.2) is 201 Å². The first-order valence-electron chi connectivity index (χ1n) is 33.9. The molecule has 33 heteroatoms. The van der Waals surface area contributed by atoms with Gasteiger partial charge in [0.05, 0.1) is 49.2 Å². The third kappa shape index (κ3) is 33.8. The standard InChI is InChI=1S/C46H59N5O15.C26H34N2O11/c1-26(11-15-40(56)57)49-44(64)29(20-30-24-48-34-10-6-5-9-32(30)34)22-39(55)35(13-17-42(60)61)50-45(65)28(19-27-7-3-2-4-8-27)21-38(54)36(14-18-43(62)63)51-46(66)31(25-52)23-37(53)33(47)12-16-41(58)59;1-15(30)11-17(12-16-5-3-2-4-6-16)24(36)27-19(7-9-22(32)33)21(31)13-18(14-29)25(37)28-20(26(38)39)8-10-23(34)35/h2-10,24,26,28-29,31,33,35-36,48,52H,11-23,25,47H2,1H3,(H,49,64)(H,50,65)(H,51,66)(H,56,57)(H,58,59)(H,60,61)(H,62,63);2-6,17-20,29H,7-14H2,1H3,(H,27,36)(H,28,37)(H,32,33)(H,34,35)(H,38,39)/t26-,28-,29-,31+,33+,35+,36+;17-,18-,19-,20-/m10/s1. The summed E-state index contributed by atoms with van der Waals surface area (Å²) in [5.74, 6) is -22.5. The number of para-hydroxylation sites is 1. The van der Waals surface area contributed by atoms with E-state index in [2.05, 4.69) is 31.6 Å². The highest BCUT2D eigenvalue weighted by Gasteiger charge is 2.37. The summed E-state index contributed by atoms with van der Waals surface area (Å²) in [5, 5.41) is 97.0. The molecule has 0 aliphatic heterocycles. The Kier molecular flexibility index (Phi) is 38.6. The van der Waals surface area contributed by atoms with Gasteiger partial charge in [-0.05, 0) is 94.4 Å². The number of nitrogens with two attached hydrogens (primary N) is 1. The number of hydrogen-bond acceptors (Lipinski definition) is 20. The minimum absolute atomic E-state index is 0.0320. The Morgan fingerprint density at radius 2 is 0.705 bits per heavy atom. The molecule has 11 atom stereocenters. The van der Waals surface area contributed by atoms with Gasteiger partial charge in [0.25, 0.3) is 0 Å². The number of aliphatic carboxylic acids is 7. The quantitative estimate of drug-likeness (QED) is 0.0301. The summed E-state index contributed by atoms with van der Waals surface area (Å²) in [6, 6.07) is 16.6. The first-order chi connectivity index (χ1) is 49.6. The SMILES string of the molecule is CC(=O)C[C@@H](Cc1ccccc1)C(=O)N[C@@H](CCC(=O)O)C(=O)C[C@@H](CO)C(=O)N[C@@H](CCC(=O)O)C(=O)O.C[C@H](CCC(=O)O)NC(=O)[C@@H](CC(=O)[C@H](CCC(=O)O)NC(=O)[C@@H](CC(=O)[C@H](CCC(=O)O)NC(=O)[C@H](CO)CC(=O)[C@@H](N)CCC(=O)O)Cc1ccccc1)Cc1c[nH]c2ccccc12. The molecule has 0 radical (unpaired) electrons. The monoisotopic (exact) mass is 1470 g/mol. The number of rotatable bonds is 51. The summed E-state index contributed by atoms with van der Waals surface area (Å²) in [5.41, 5.74) is 8.56. The normalized spacial score (nSPS) is 14.1. The number of aliphatic hydroxyl groups excluding tert-OH is 2. The zero-order chi connectivity index (χ0) is 78.5. The molecule has 5 amide bonds. The van der Waals surface area contributed by atoms with E-state index in [1.807, 2.05) is 18.2 Å². The number of aromatic nitrogens is 1. The maximum Gasteiger partial charge on any atom is 0.326 e. The van der Waals surface area contributed by atoms with Crippen molar-refractivity contribution in [2.24, 2.45) is 35.3 Å². The minimum atomic E-state index is -1.58. The van der Waals surface area contributed by atoms with Crippen LogP contribution in [0.4, 0.5) is 0 Å². The molecular weight excluding hydrogens is 1380 g/mol. The second-order valence-corrected chi connectivity index (χ2v) is 25.6. The molecule has 0 unspecified atom stereocenters. The smallest absolute Gasteiger partial charge is 0.326 e. The Morgan fingerprint density at radius 3 is 1.10 bits per heavy atom. The fourth-order valence-electron chi connectivity index (χ4n) is 11.2. The van der Waals surface area contributed by atoms with Gasteiger partial charge >= 0.3 is 41.8 Å². The number of nitrogens with one attached hydrogen (secondary N) is 6. The molecule has 0 spiro atoms. The van der Waals surface area contributed by atoms with Crippen molar-refractivity contribution < 1.29 is 127 Å². The lowest BCUT2D eigenvalue weighted by Crippen LogP contribution is -2.49. The summed E-state index contributed by atoms with van der Waals surface area (Å²) >= 11 is 0. The van der Waals surface area contributed by atoms with Crippen LogP contribution in [0.25, 0.3) is 10.9 Å². The topological polar surface area (TPSA) is 574 Å². The number of fused-ring (bicyclic) bond motifs is 1. The summed E-state index contributed by atoms with van der Waals surface area (Å²) in [6.07, 6.45) is -5.39. The highest BCUT2D eigenvalue weighted by atomic mass is 16.4. The van der Waals surface area contributed by atoms with Gasteiger partial charge in [-0.15, -0.1) is 0 Å². The second-order valence-electron chi connectivity index (χ2n) is 25.6. The number of hydrogen-bond donors (Lipinski definition) is 16. The number of ketones is 5. The molecule has 572 valence electrons. The lowest BCUT2D eigenvalue weighted by molar-refractivity contribution is -0.144. The molecule has 105 heavy (non-hydrogen) atoms. The molecule has 1 aromatic heterocycles. The van der Waals surface area contributed by atoms with Crippen molar-refractivity contribution in [1.82, 2.24) is 31.6 Å². The maximum absolute atomic E-state index is 14.3. The van der Waals surface area contributed by atoms with Crippen LogP contribution in [0, 0.1) is 29.6 Å². The van der Waals surface area contributed by atoms with Crippen molar-refractivity contribution in [3.63, 3.8) is 0 Å². The Morgan fingerprint density at radius 1 is 0.381 bits per heavy atom. The van der Waals surface area contributed by atoms with Crippen LogP contribution in [0.1, 0.15) is 140 Å². The summed E-state index contributed by atoms with van der Waals surface area (Å²) in [6.45, 7) is 1.16. The fraction of sp³-hybridized carbons (Fsp3) is 0.486. The highest BCUT2D eigenvalue weighted by Crippen LogP contribution is 2.26. The number of carboxylic acids is 7. The van der Waals surface area contributed by atoms with Crippen molar-refractivity contribution >= 4 is 111 Å². The summed E-state index contributed by atoms with van der Waals surface area (Å²) in [4.78, 5) is 215. The first-order valence-corrected chi connectivity index (χ1v) is 33.9. The average molecular weight is 1470 g/mol. The molecule has 0 saturated carbocycles. The van der Waals surface area contributed by atoms with E-state index in [-0.39, 0.29) is 57.1 Å². The number of H-pyrrole nitrogens is 1. The number of carbonyl (C=O) groups is 17. The van der Waals surface area contributed by atoms with Gasteiger partial charge in [-0.1, -0.05) is 78.9 Å². The van der Waals surface area contributed by atoms with Gasteiger partial charge < -0.3 is 88.1 Å². The zero-order valence-corrected chi connectivity index (χ0v) is 58.1. The van der Waals surface area contributed by atoms with E-state index < -0.39 is 251 Å². The van der Waals surface area contributed by atoms with Crippen LogP contribution in [0.3, 0.4) is 0 Å². The van der Waals surface area contributed by atoms with Crippen molar-refractivity contribution in [3.05, 3.63) is 108 Å². The van der Waals surface area contributed by atoms with E-state index in [0.29, 0.717) is 11.1 Å². The van der Waals surface area contributed by atoms with Crippen LogP contribution >= 0.6 is 0 Å². The number of Topliss-reactive ketones (excluding diaryl/α,β-unsaturated/α-hetero) is 5. The molecule has 0 saturated heterocycles. The van der Waals surface area contributed by atoms with Crippen molar-refractivity contribution in [2.75, 3.05) is 13.2 Å². The molecule has 0 aliphatic carbocycles. The lowest BCUT2D eigenvalue weighted by Gasteiger charge is -2.26. The number of carboxylic acid groups (broad SMARTS) is 7. The molecule has 3 aromatic carbocycles. The molecule has 0 aliphatic rings. The molecule has 33 nitrogen and oxygen atoms in total. The van der Waals surface area contributed by atoms with Gasteiger partial charge in [0, 0.05) is 112 Å². The van der Waals surface area contributed by atoms with Crippen LogP contribution in [-0.2, 0) is 101 Å². The van der Waals surface area contributed by atoms with Gasteiger partial charge in [-0.25, -0.2) is 4.79 Å². The molecule has 4 aromatic rings.